The number of aromatic carboxylic acids is 1. The Bertz CT molecular complexity index is 899. The molecule has 1 heterocycles. The van der Waals surface area contributed by atoms with Gasteiger partial charge in [0.05, 0.1) is 12.7 Å². The predicted octanol–water partition coefficient (Wildman–Crippen LogP) is 1.38. The number of carboxylic acids is 1. The number of aromatic nitrogens is 2. The summed E-state index contributed by atoms with van der Waals surface area (Å²) in [6, 6.07) is 3.70. The van der Waals surface area contributed by atoms with E-state index in [0.717, 1.165) is 6.07 Å². The van der Waals surface area contributed by atoms with Gasteiger partial charge in [-0.3, -0.25) is 9.78 Å². The van der Waals surface area contributed by atoms with E-state index in [1.54, 1.807) is 9.97 Å². The highest BCUT2D eigenvalue weighted by molar-refractivity contribution is 5.91. The number of rotatable bonds is 4. The number of ether oxygens (including phenoxy) is 1. The molecule has 1 aromatic carbocycles. The largest absolute Gasteiger partial charge is 0.496 e. The van der Waals surface area contributed by atoms with E-state index in [1.807, 2.05) is 0 Å². The predicted molar refractivity (Wildman–Crippen MR) is 75.4 cm³/mol. The lowest BCUT2D eigenvalue weighted by Crippen LogP contribution is -2.31. The van der Waals surface area contributed by atoms with Gasteiger partial charge in [-0.2, -0.15) is 13.2 Å². The van der Waals surface area contributed by atoms with Gasteiger partial charge in [-0.05, 0) is 17.7 Å². The number of methoxy groups -OCH3 is 1. The van der Waals surface area contributed by atoms with Gasteiger partial charge in [-0.15, -0.1) is 0 Å². The zero-order valence-corrected chi connectivity index (χ0v) is 12.2. The minimum atomic E-state index is -4.94. The van der Waals surface area contributed by atoms with Gasteiger partial charge in [0.15, 0.2) is 0 Å². The van der Waals surface area contributed by atoms with Crippen molar-refractivity contribution in [3.8, 4) is 5.75 Å². The first-order valence-electron chi connectivity index (χ1n) is 6.46. The Labute approximate surface area is 131 Å². The molecule has 0 saturated carbocycles. The van der Waals surface area contributed by atoms with Crippen molar-refractivity contribution in [1.82, 2.24) is 9.97 Å². The van der Waals surface area contributed by atoms with E-state index >= 15 is 0 Å². The summed E-state index contributed by atoms with van der Waals surface area (Å²) in [4.78, 5) is 37.3. The van der Waals surface area contributed by atoms with Crippen LogP contribution in [0, 0.1) is 0 Å². The third kappa shape index (κ3) is 3.47. The maximum Gasteiger partial charge on any atom is 0.431 e. The van der Waals surface area contributed by atoms with E-state index < -0.39 is 41.1 Å². The number of carboxylic acid groups (broad SMARTS) is 1. The maximum absolute atomic E-state index is 13.0. The molecule has 3 N–H and O–H groups in total. The Morgan fingerprint density at radius 3 is 2.46 bits per heavy atom. The quantitative estimate of drug-likeness (QED) is 0.776. The van der Waals surface area contributed by atoms with E-state index in [9.17, 15) is 27.6 Å². The van der Waals surface area contributed by atoms with Gasteiger partial charge in [0.1, 0.15) is 17.0 Å². The first-order chi connectivity index (χ1) is 11.1. The molecule has 2 rings (SSSR count). The zero-order chi connectivity index (χ0) is 18.1. The molecule has 10 heteroatoms. The summed E-state index contributed by atoms with van der Waals surface area (Å²) in [5.41, 5.74) is -4.79. The van der Waals surface area contributed by atoms with E-state index in [4.69, 9.17) is 9.84 Å². The summed E-state index contributed by atoms with van der Waals surface area (Å²) in [5, 5.41) is 9.09. The normalized spacial score (nSPS) is 11.3. The molecular weight excluding hydrogens is 333 g/mol. The van der Waals surface area contributed by atoms with Crippen molar-refractivity contribution in [2.75, 3.05) is 7.11 Å². The Morgan fingerprint density at radius 1 is 1.25 bits per heavy atom. The minimum absolute atomic E-state index is 0.0256. The summed E-state index contributed by atoms with van der Waals surface area (Å²) in [5.74, 6) is -1.31. The van der Waals surface area contributed by atoms with Crippen LogP contribution in [0.3, 0.4) is 0 Å². The van der Waals surface area contributed by atoms with Crippen LogP contribution in [0.2, 0.25) is 0 Å². The van der Waals surface area contributed by atoms with E-state index in [2.05, 4.69) is 0 Å². The molecule has 0 radical (unpaired) electrons. The van der Waals surface area contributed by atoms with Crippen molar-refractivity contribution in [3.63, 3.8) is 0 Å². The van der Waals surface area contributed by atoms with Crippen LogP contribution in [0.5, 0.6) is 5.75 Å². The second kappa shape index (κ2) is 6.22. The molecule has 0 bridgehead atoms. The summed E-state index contributed by atoms with van der Waals surface area (Å²) in [7, 11) is 1.25. The molecule has 0 aliphatic rings. The van der Waals surface area contributed by atoms with Crippen LogP contribution in [-0.2, 0) is 12.6 Å². The average Bonchev–Trinajstić information content (AvgIpc) is 2.48. The molecule has 128 valence electrons. The van der Waals surface area contributed by atoms with Crippen LogP contribution in [-0.4, -0.2) is 28.2 Å². The van der Waals surface area contributed by atoms with Crippen molar-refractivity contribution in [2.45, 2.75) is 12.6 Å². The van der Waals surface area contributed by atoms with E-state index in [0.29, 0.717) is 0 Å². The fraction of sp³-hybridized carbons (Fsp3) is 0.214. The molecule has 0 unspecified atom stereocenters. The van der Waals surface area contributed by atoms with Crippen molar-refractivity contribution in [1.29, 1.82) is 0 Å². The van der Waals surface area contributed by atoms with Crippen molar-refractivity contribution >= 4 is 5.97 Å². The second-order valence-corrected chi connectivity index (χ2v) is 4.78. The Morgan fingerprint density at radius 2 is 1.92 bits per heavy atom. The molecule has 0 aliphatic carbocycles. The van der Waals surface area contributed by atoms with Crippen molar-refractivity contribution in [2.24, 2.45) is 0 Å². The smallest absolute Gasteiger partial charge is 0.431 e. The molecule has 0 atom stereocenters. The molecule has 0 saturated heterocycles. The second-order valence-electron chi connectivity index (χ2n) is 4.78. The number of hydrogen-bond donors (Lipinski definition) is 3. The molecule has 1 aromatic heterocycles. The van der Waals surface area contributed by atoms with E-state index in [1.165, 1.54) is 19.2 Å². The number of halogens is 3. The third-order valence-corrected chi connectivity index (χ3v) is 3.20. The first kappa shape index (κ1) is 17.3. The average molecular weight is 344 g/mol. The molecule has 0 spiro atoms. The lowest BCUT2D eigenvalue weighted by Gasteiger charge is -2.12. The number of nitrogens with one attached hydrogen (secondary N) is 2. The van der Waals surface area contributed by atoms with Gasteiger partial charge in [-0.25, -0.2) is 9.59 Å². The van der Waals surface area contributed by atoms with Gasteiger partial charge in [-0.1, -0.05) is 6.07 Å². The van der Waals surface area contributed by atoms with Crippen LogP contribution in [0.4, 0.5) is 13.2 Å². The number of aromatic amines is 2. The summed E-state index contributed by atoms with van der Waals surface area (Å²) in [6.45, 7) is 0. The fourth-order valence-corrected chi connectivity index (χ4v) is 2.16. The maximum atomic E-state index is 13.0. The van der Waals surface area contributed by atoms with Crippen LogP contribution in [0.15, 0.2) is 27.8 Å². The third-order valence-electron chi connectivity index (χ3n) is 3.20. The first-order valence-corrected chi connectivity index (χ1v) is 6.46. The SMILES string of the molecule is COc1ccc(Cc2c(C(F)(F)F)[nH]c(=O)[nH]c2=O)cc1C(=O)O. The highest BCUT2D eigenvalue weighted by Crippen LogP contribution is 2.29. The van der Waals surface area contributed by atoms with Gasteiger partial charge < -0.3 is 14.8 Å². The standard InChI is InChI=1S/C14H11F3N2O5/c1-24-9-3-2-6(4-7(9)12(21)22)5-8-10(14(15,16)17)18-13(23)19-11(8)20/h2-4H,5H2,1H3,(H,21,22)(H2,18,19,20,23). The number of H-pyrrole nitrogens is 2. The van der Waals surface area contributed by atoms with Crippen LogP contribution in [0.25, 0.3) is 0 Å². The van der Waals surface area contributed by atoms with Crippen molar-refractivity contribution in [3.05, 3.63) is 61.4 Å². The monoisotopic (exact) mass is 344 g/mol. The Balaban J connectivity index is 2.57. The van der Waals surface area contributed by atoms with Crippen LogP contribution in [0.1, 0.15) is 27.2 Å². The lowest BCUT2D eigenvalue weighted by molar-refractivity contribution is -0.142. The highest BCUT2D eigenvalue weighted by atomic mass is 19.4. The van der Waals surface area contributed by atoms with Crippen LogP contribution >= 0.6 is 0 Å². The van der Waals surface area contributed by atoms with Crippen molar-refractivity contribution < 1.29 is 27.8 Å². The lowest BCUT2D eigenvalue weighted by atomic mass is 10.0. The Hall–Kier alpha value is -3.04. The Kier molecular flexibility index (Phi) is 4.49. The summed E-state index contributed by atoms with van der Waals surface area (Å²) < 4.78 is 43.9. The van der Waals surface area contributed by atoms with Gasteiger partial charge in [0.2, 0.25) is 0 Å². The van der Waals surface area contributed by atoms with Crippen LogP contribution < -0.4 is 16.0 Å². The topological polar surface area (TPSA) is 112 Å². The van der Waals surface area contributed by atoms with E-state index in [-0.39, 0.29) is 16.9 Å². The molecule has 0 fully saturated rings. The zero-order valence-electron chi connectivity index (χ0n) is 12.2. The number of carbonyl (C=O) groups is 1. The molecule has 7 nitrogen and oxygen atoms in total. The number of benzene rings is 1. The molecular formula is C14H11F3N2O5. The summed E-state index contributed by atoms with van der Waals surface area (Å²) in [6.07, 6.45) is -5.46. The summed E-state index contributed by atoms with van der Waals surface area (Å²) >= 11 is 0. The minimum Gasteiger partial charge on any atom is -0.496 e. The van der Waals surface area contributed by atoms with Gasteiger partial charge in [0, 0.05) is 6.42 Å². The molecule has 0 amide bonds. The number of hydrogen-bond acceptors (Lipinski definition) is 4. The highest BCUT2D eigenvalue weighted by Gasteiger charge is 2.36. The molecule has 0 aliphatic heterocycles. The van der Waals surface area contributed by atoms with Gasteiger partial charge in [0.25, 0.3) is 5.56 Å². The number of alkyl halides is 3. The molecule has 2 aromatic rings. The van der Waals surface area contributed by atoms with Gasteiger partial charge >= 0.3 is 17.8 Å². The molecule has 24 heavy (non-hydrogen) atoms. The fourth-order valence-electron chi connectivity index (χ4n) is 2.16.